The minimum atomic E-state index is -2.18. The molecule has 0 saturated carbocycles. The molecule has 2 nitrogen and oxygen atoms in total. The lowest BCUT2D eigenvalue weighted by Gasteiger charge is -2.19. The Hall–Kier alpha value is -2.02. The van der Waals surface area contributed by atoms with E-state index in [4.69, 9.17) is 0 Å². The van der Waals surface area contributed by atoms with Crippen molar-refractivity contribution in [3.8, 4) is 0 Å². The van der Waals surface area contributed by atoms with E-state index in [1.54, 1.807) is 13.0 Å². The molecule has 1 aromatic heterocycles. The van der Waals surface area contributed by atoms with Gasteiger partial charge in [-0.1, -0.05) is 6.07 Å². The van der Waals surface area contributed by atoms with Crippen LogP contribution in [0.4, 0.5) is 22.0 Å². The van der Waals surface area contributed by atoms with Gasteiger partial charge in [0.05, 0.1) is 11.6 Å². The second-order valence-electron chi connectivity index (χ2n) is 4.50. The average Bonchev–Trinajstić information content (AvgIpc) is 2.47. The molecule has 0 bridgehead atoms. The Labute approximate surface area is 117 Å². The van der Waals surface area contributed by atoms with E-state index >= 15 is 0 Å². The molecule has 0 radical (unpaired) electrons. The molecule has 112 valence electrons. The van der Waals surface area contributed by atoms with E-state index in [0.29, 0.717) is 11.1 Å². The number of pyridine rings is 1. The molecule has 0 fully saturated rings. The second-order valence-corrected chi connectivity index (χ2v) is 4.50. The van der Waals surface area contributed by atoms with E-state index in [0.717, 1.165) is 0 Å². The summed E-state index contributed by atoms with van der Waals surface area (Å²) in [6.45, 7) is 1.70. The molecule has 1 heterocycles. The monoisotopic (exact) mass is 302 g/mol. The Kier molecular flexibility index (Phi) is 4.22. The summed E-state index contributed by atoms with van der Waals surface area (Å²) in [5, 5.41) is 2.54. The van der Waals surface area contributed by atoms with Crippen LogP contribution in [-0.4, -0.2) is 12.0 Å². The SMILES string of the molecule is CNC(c1cncc(C)c1)c1c(F)c(F)c(F)c(F)c1F. The highest BCUT2D eigenvalue weighted by Crippen LogP contribution is 2.31. The van der Waals surface area contributed by atoms with Gasteiger partial charge in [0.25, 0.3) is 0 Å². The molecule has 0 aliphatic heterocycles. The number of aryl methyl sites for hydroxylation is 1. The van der Waals surface area contributed by atoms with Crippen molar-refractivity contribution in [3.63, 3.8) is 0 Å². The number of halogens is 5. The van der Waals surface area contributed by atoms with Gasteiger partial charge in [-0.25, -0.2) is 22.0 Å². The summed E-state index contributed by atoms with van der Waals surface area (Å²) in [5.41, 5.74) is 0.0543. The van der Waals surface area contributed by atoms with Gasteiger partial charge in [0, 0.05) is 12.4 Å². The average molecular weight is 302 g/mol. The summed E-state index contributed by atoms with van der Waals surface area (Å²) in [6.07, 6.45) is 2.81. The summed E-state index contributed by atoms with van der Waals surface area (Å²) >= 11 is 0. The van der Waals surface area contributed by atoms with Crippen molar-refractivity contribution in [2.24, 2.45) is 0 Å². The van der Waals surface area contributed by atoms with Crippen LogP contribution in [0.15, 0.2) is 18.5 Å². The van der Waals surface area contributed by atoms with Crippen LogP contribution in [0.2, 0.25) is 0 Å². The third kappa shape index (κ3) is 2.61. The molecule has 0 aliphatic rings. The summed E-state index contributed by atoms with van der Waals surface area (Å²) < 4.78 is 67.3. The number of aromatic nitrogens is 1. The predicted molar refractivity (Wildman–Crippen MR) is 66.1 cm³/mol. The number of nitrogens with one attached hydrogen (secondary N) is 1. The first-order valence-corrected chi connectivity index (χ1v) is 5.98. The zero-order chi connectivity index (χ0) is 15.7. The van der Waals surface area contributed by atoms with E-state index in [2.05, 4.69) is 10.3 Å². The topological polar surface area (TPSA) is 24.9 Å². The van der Waals surface area contributed by atoms with Crippen molar-refractivity contribution >= 4 is 0 Å². The quantitative estimate of drug-likeness (QED) is 0.534. The number of benzene rings is 1. The van der Waals surface area contributed by atoms with Crippen LogP contribution in [0.3, 0.4) is 0 Å². The lowest BCUT2D eigenvalue weighted by Crippen LogP contribution is -2.23. The van der Waals surface area contributed by atoms with Crippen LogP contribution in [0.1, 0.15) is 22.7 Å². The van der Waals surface area contributed by atoms with Crippen LogP contribution in [-0.2, 0) is 0 Å². The van der Waals surface area contributed by atoms with Gasteiger partial charge in [-0.05, 0) is 25.1 Å². The van der Waals surface area contributed by atoms with Crippen LogP contribution >= 0.6 is 0 Å². The van der Waals surface area contributed by atoms with E-state index in [-0.39, 0.29) is 0 Å². The van der Waals surface area contributed by atoms with E-state index in [9.17, 15) is 22.0 Å². The fourth-order valence-electron chi connectivity index (χ4n) is 2.09. The summed E-state index contributed by atoms with van der Waals surface area (Å²) in [4.78, 5) is 3.85. The Bertz CT molecular complexity index is 658. The van der Waals surface area contributed by atoms with Crippen LogP contribution < -0.4 is 5.32 Å². The van der Waals surface area contributed by atoms with E-state index in [1.807, 2.05) is 0 Å². The molecular formula is C14H11F5N2. The van der Waals surface area contributed by atoms with Crippen molar-refractivity contribution in [1.82, 2.24) is 10.3 Å². The van der Waals surface area contributed by atoms with Gasteiger partial charge >= 0.3 is 0 Å². The van der Waals surface area contributed by atoms with Crippen molar-refractivity contribution in [2.45, 2.75) is 13.0 Å². The number of hydrogen-bond donors (Lipinski definition) is 1. The Balaban J connectivity index is 2.69. The van der Waals surface area contributed by atoms with Crippen LogP contribution in [0.25, 0.3) is 0 Å². The summed E-state index contributed by atoms with van der Waals surface area (Å²) in [6, 6.07) is 0.341. The number of nitrogens with zero attached hydrogens (tertiary/aromatic N) is 1. The molecular weight excluding hydrogens is 291 g/mol. The smallest absolute Gasteiger partial charge is 0.200 e. The first-order valence-electron chi connectivity index (χ1n) is 5.98. The molecule has 1 atom stereocenters. The third-order valence-electron chi connectivity index (χ3n) is 3.05. The molecule has 2 aromatic rings. The fourth-order valence-corrected chi connectivity index (χ4v) is 2.09. The van der Waals surface area contributed by atoms with Gasteiger partial charge in [0.15, 0.2) is 23.3 Å². The van der Waals surface area contributed by atoms with Gasteiger partial charge in [-0.15, -0.1) is 0 Å². The van der Waals surface area contributed by atoms with Crippen LogP contribution in [0, 0.1) is 36.0 Å². The van der Waals surface area contributed by atoms with Gasteiger partial charge in [0.2, 0.25) is 5.82 Å². The van der Waals surface area contributed by atoms with Crippen LogP contribution in [0.5, 0.6) is 0 Å². The lowest BCUT2D eigenvalue weighted by atomic mass is 9.97. The Morgan fingerprint density at radius 3 is 1.90 bits per heavy atom. The summed E-state index contributed by atoms with van der Waals surface area (Å²) in [7, 11) is 1.35. The lowest BCUT2D eigenvalue weighted by molar-refractivity contribution is 0.363. The van der Waals surface area contributed by atoms with Crippen molar-refractivity contribution in [1.29, 1.82) is 0 Å². The van der Waals surface area contributed by atoms with Crippen molar-refractivity contribution in [3.05, 3.63) is 64.2 Å². The molecule has 1 unspecified atom stereocenters. The van der Waals surface area contributed by atoms with E-state index < -0.39 is 40.7 Å². The van der Waals surface area contributed by atoms with Gasteiger partial charge < -0.3 is 5.32 Å². The second kappa shape index (κ2) is 5.77. The van der Waals surface area contributed by atoms with E-state index in [1.165, 1.54) is 19.4 Å². The number of rotatable bonds is 3. The molecule has 21 heavy (non-hydrogen) atoms. The highest BCUT2D eigenvalue weighted by atomic mass is 19.2. The Morgan fingerprint density at radius 1 is 0.905 bits per heavy atom. The molecule has 1 N–H and O–H groups in total. The normalized spacial score (nSPS) is 12.5. The molecule has 0 spiro atoms. The highest BCUT2D eigenvalue weighted by Gasteiger charge is 2.30. The zero-order valence-corrected chi connectivity index (χ0v) is 11.1. The molecule has 0 amide bonds. The third-order valence-corrected chi connectivity index (χ3v) is 3.05. The van der Waals surface area contributed by atoms with Gasteiger partial charge in [-0.3, -0.25) is 4.98 Å². The van der Waals surface area contributed by atoms with Gasteiger partial charge in [-0.2, -0.15) is 0 Å². The van der Waals surface area contributed by atoms with Gasteiger partial charge in [0.1, 0.15) is 0 Å². The zero-order valence-electron chi connectivity index (χ0n) is 11.1. The minimum Gasteiger partial charge on any atom is -0.309 e. The maximum atomic E-state index is 13.8. The number of hydrogen-bond acceptors (Lipinski definition) is 2. The first-order chi connectivity index (χ1) is 9.88. The molecule has 0 aliphatic carbocycles. The molecule has 7 heteroatoms. The molecule has 1 aromatic carbocycles. The van der Waals surface area contributed by atoms with Crippen molar-refractivity contribution in [2.75, 3.05) is 7.05 Å². The molecule has 2 rings (SSSR count). The maximum Gasteiger partial charge on any atom is 0.200 e. The molecule has 0 saturated heterocycles. The highest BCUT2D eigenvalue weighted by molar-refractivity contribution is 5.35. The minimum absolute atomic E-state index is 0.292. The van der Waals surface area contributed by atoms with Crippen molar-refractivity contribution < 1.29 is 22.0 Å². The maximum absolute atomic E-state index is 13.8. The largest absolute Gasteiger partial charge is 0.309 e. The predicted octanol–water partition coefficient (Wildman–Crippen LogP) is 3.39. The Morgan fingerprint density at radius 2 is 1.43 bits per heavy atom. The summed E-state index contributed by atoms with van der Waals surface area (Å²) in [5.74, 6) is -9.82. The standard InChI is InChI=1S/C14H11F5N2/c1-6-3-7(5-21-4-6)14(20-2)8-9(15)11(17)13(19)12(18)10(8)16/h3-5,14,20H,1-2H3. The first kappa shape index (κ1) is 15.4. The fraction of sp³-hybridized carbons (Fsp3) is 0.214.